The number of thioether (sulfide) groups is 1. The van der Waals surface area contributed by atoms with Crippen LogP contribution in [0.25, 0.3) is 0 Å². The molecule has 1 aliphatic heterocycles. The SMILES string of the molecule is INCC1CCS1. The van der Waals surface area contributed by atoms with E-state index in [4.69, 9.17) is 0 Å². The lowest BCUT2D eigenvalue weighted by molar-refractivity contribution is 0.774. The molecule has 0 amide bonds. The molecule has 1 saturated heterocycles. The molecule has 0 aromatic heterocycles. The Balaban J connectivity index is 1.93. The maximum atomic E-state index is 3.12. The van der Waals surface area contributed by atoms with Crippen molar-refractivity contribution in [2.24, 2.45) is 0 Å². The largest absolute Gasteiger partial charge is 0.260 e. The number of hydrogen-bond donors (Lipinski definition) is 1. The molecule has 0 saturated carbocycles. The lowest BCUT2D eigenvalue weighted by Gasteiger charge is -2.23. The van der Waals surface area contributed by atoms with E-state index in [0.717, 1.165) is 5.25 Å². The Kier molecular flexibility index (Phi) is 2.77. The molecular weight excluding hydrogens is 221 g/mol. The van der Waals surface area contributed by atoms with E-state index in [1.807, 2.05) is 0 Å². The predicted molar refractivity (Wildman–Crippen MR) is 42.9 cm³/mol. The molecule has 1 atom stereocenters. The van der Waals surface area contributed by atoms with Crippen molar-refractivity contribution in [2.75, 3.05) is 12.3 Å². The summed E-state index contributed by atoms with van der Waals surface area (Å²) in [5.74, 6) is 1.38. The zero-order valence-corrected chi connectivity index (χ0v) is 6.96. The van der Waals surface area contributed by atoms with E-state index in [1.165, 1.54) is 18.7 Å². The minimum Gasteiger partial charge on any atom is -0.260 e. The standard InChI is InChI=1S/C4H8INS/c5-6-3-4-1-2-7-4/h4,6H,1-3H2. The molecule has 0 aromatic carbocycles. The van der Waals surface area contributed by atoms with Crippen LogP contribution in [0.15, 0.2) is 0 Å². The fourth-order valence-electron chi connectivity index (χ4n) is 0.532. The molecule has 0 aromatic rings. The molecule has 7 heavy (non-hydrogen) atoms. The number of rotatable bonds is 2. The predicted octanol–water partition coefficient (Wildman–Crippen LogP) is 1.43. The van der Waals surface area contributed by atoms with Crippen molar-refractivity contribution in [3.05, 3.63) is 0 Å². The van der Waals surface area contributed by atoms with Crippen molar-refractivity contribution in [3.8, 4) is 0 Å². The quantitative estimate of drug-likeness (QED) is 0.567. The molecule has 0 bridgehead atoms. The van der Waals surface area contributed by atoms with Crippen molar-refractivity contribution in [1.82, 2.24) is 3.53 Å². The summed E-state index contributed by atoms with van der Waals surface area (Å²) < 4.78 is 3.12. The Hall–Kier alpha value is 1.04. The van der Waals surface area contributed by atoms with Gasteiger partial charge in [0.05, 0.1) is 0 Å². The lowest BCUT2D eigenvalue weighted by Crippen LogP contribution is -2.24. The molecule has 1 N–H and O–H groups in total. The monoisotopic (exact) mass is 229 g/mol. The third kappa shape index (κ3) is 1.77. The van der Waals surface area contributed by atoms with Gasteiger partial charge in [-0.25, -0.2) is 0 Å². The van der Waals surface area contributed by atoms with Crippen molar-refractivity contribution >= 4 is 34.6 Å². The first-order valence-electron chi connectivity index (χ1n) is 2.38. The molecule has 3 heteroatoms. The normalized spacial score (nSPS) is 29.6. The average Bonchev–Trinajstić information content (AvgIpc) is 1.55. The molecule has 1 heterocycles. The van der Waals surface area contributed by atoms with E-state index < -0.39 is 0 Å². The van der Waals surface area contributed by atoms with Crippen LogP contribution in [0, 0.1) is 0 Å². The third-order valence-electron chi connectivity index (χ3n) is 1.10. The minimum absolute atomic E-state index is 0.928. The maximum absolute atomic E-state index is 3.12. The summed E-state index contributed by atoms with van der Waals surface area (Å²) in [5, 5.41) is 0.928. The topological polar surface area (TPSA) is 12.0 Å². The molecule has 1 rings (SSSR count). The fraction of sp³-hybridized carbons (Fsp3) is 1.00. The van der Waals surface area contributed by atoms with E-state index in [1.54, 1.807) is 0 Å². The molecule has 0 aliphatic carbocycles. The highest BCUT2D eigenvalue weighted by Gasteiger charge is 2.16. The van der Waals surface area contributed by atoms with Crippen LogP contribution in [-0.4, -0.2) is 17.5 Å². The van der Waals surface area contributed by atoms with Crippen LogP contribution in [0.1, 0.15) is 6.42 Å². The zero-order chi connectivity index (χ0) is 5.11. The van der Waals surface area contributed by atoms with Gasteiger partial charge in [-0.3, -0.25) is 3.53 Å². The molecule has 42 valence electrons. The van der Waals surface area contributed by atoms with Gasteiger partial charge in [-0.2, -0.15) is 11.8 Å². The van der Waals surface area contributed by atoms with E-state index in [-0.39, 0.29) is 0 Å². The molecule has 0 radical (unpaired) electrons. The summed E-state index contributed by atoms with van der Waals surface area (Å²) in [6.45, 7) is 1.19. The van der Waals surface area contributed by atoms with Crippen molar-refractivity contribution in [1.29, 1.82) is 0 Å². The van der Waals surface area contributed by atoms with Gasteiger partial charge in [-0.1, -0.05) is 0 Å². The van der Waals surface area contributed by atoms with Gasteiger partial charge in [0.1, 0.15) is 0 Å². The van der Waals surface area contributed by atoms with Crippen LogP contribution in [0.5, 0.6) is 0 Å². The van der Waals surface area contributed by atoms with Crippen LogP contribution in [0.2, 0.25) is 0 Å². The van der Waals surface area contributed by atoms with Crippen molar-refractivity contribution in [3.63, 3.8) is 0 Å². The van der Waals surface area contributed by atoms with Gasteiger partial charge in [-0.05, 0) is 12.2 Å². The van der Waals surface area contributed by atoms with Gasteiger partial charge < -0.3 is 0 Å². The van der Waals surface area contributed by atoms with Crippen LogP contribution >= 0.6 is 34.6 Å². The summed E-state index contributed by atoms with van der Waals surface area (Å²) in [5.41, 5.74) is 0. The summed E-state index contributed by atoms with van der Waals surface area (Å²) in [4.78, 5) is 0. The van der Waals surface area contributed by atoms with Crippen LogP contribution in [0.3, 0.4) is 0 Å². The second kappa shape index (κ2) is 3.14. The second-order valence-corrected chi connectivity index (χ2v) is 3.79. The minimum atomic E-state index is 0.928. The summed E-state index contributed by atoms with van der Waals surface area (Å²) in [6.07, 6.45) is 1.42. The van der Waals surface area contributed by atoms with Gasteiger partial charge in [0.25, 0.3) is 0 Å². The Labute approximate surface area is 62.1 Å². The number of nitrogens with one attached hydrogen (secondary N) is 1. The summed E-state index contributed by atoms with van der Waals surface area (Å²) in [7, 11) is 0. The molecule has 1 aliphatic rings. The lowest BCUT2D eigenvalue weighted by atomic mass is 10.3. The van der Waals surface area contributed by atoms with Gasteiger partial charge in [0.15, 0.2) is 0 Å². The van der Waals surface area contributed by atoms with Gasteiger partial charge in [0.2, 0.25) is 0 Å². The number of halogens is 1. The average molecular weight is 229 g/mol. The molecule has 0 spiro atoms. The maximum Gasteiger partial charge on any atom is 0.0188 e. The Morgan fingerprint density at radius 3 is 2.71 bits per heavy atom. The van der Waals surface area contributed by atoms with Gasteiger partial charge in [0, 0.05) is 34.7 Å². The van der Waals surface area contributed by atoms with E-state index in [2.05, 4.69) is 38.2 Å². The summed E-state index contributed by atoms with van der Waals surface area (Å²) >= 11 is 4.26. The van der Waals surface area contributed by atoms with Crippen LogP contribution in [0.4, 0.5) is 0 Å². The first-order valence-corrected chi connectivity index (χ1v) is 4.51. The van der Waals surface area contributed by atoms with Crippen LogP contribution < -0.4 is 3.53 Å². The van der Waals surface area contributed by atoms with Crippen LogP contribution in [-0.2, 0) is 0 Å². The van der Waals surface area contributed by atoms with E-state index in [0.29, 0.717) is 0 Å². The molecule has 1 unspecified atom stereocenters. The molecular formula is C4H8INS. The van der Waals surface area contributed by atoms with Crippen molar-refractivity contribution in [2.45, 2.75) is 11.7 Å². The Morgan fingerprint density at radius 1 is 1.86 bits per heavy atom. The highest BCUT2D eigenvalue weighted by Crippen LogP contribution is 2.26. The number of hydrogen-bond acceptors (Lipinski definition) is 2. The second-order valence-electron chi connectivity index (χ2n) is 1.62. The highest BCUT2D eigenvalue weighted by molar-refractivity contribution is 14.1. The van der Waals surface area contributed by atoms with Gasteiger partial charge in [-0.15, -0.1) is 0 Å². The Bertz CT molecular complexity index is 55.7. The molecule has 1 fully saturated rings. The molecule has 1 nitrogen and oxygen atoms in total. The van der Waals surface area contributed by atoms with Crippen molar-refractivity contribution < 1.29 is 0 Å². The summed E-state index contributed by atoms with van der Waals surface area (Å²) in [6, 6.07) is 0. The van der Waals surface area contributed by atoms with E-state index >= 15 is 0 Å². The van der Waals surface area contributed by atoms with Gasteiger partial charge >= 0.3 is 0 Å². The first kappa shape index (κ1) is 6.16. The van der Waals surface area contributed by atoms with E-state index in [9.17, 15) is 0 Å². The first-order chi connectivity index (χ1) is 3.43. The fourth-order valence-corrected chi connectivity index (χ4v) is 2.13. The highest BCUT2D eigenvalue weighted by atomic mass is 127. The Morgan fingerprint density at radius 2 is 2.57 bits per heavy atom. The third-order valence-corrected chi connectivity index (χ3v) is 2.88. The smallest absolute Gasteiger partial charge is 0.0188 e. The zero-order valence-electron chi connectivity index (χ0n) is 3.98.